The standard InChI is InChI=1S/C21H15N3O3S/c1-24-20-16-10-6-5-7-14(16)11-12-17(20)19(23-24)21(25)18(13-22)28(26,27)15-8-3-2-4-9-15/h2-12,25H,1H3/b21-18+. The molecule has 0 aliphatic rings. The molecule has 0 aliphatic carbocycles. The summed E-state index contributed by atoms with van der Waals surface area (Å²) in [6, 6.07) is 20.5. The molecule has 0 amide bonds. The number of sulfone groups is 1. The van der Waals surface area contributed by atoms with Gasteiger partial charge in [0.1, 0.15) is 11.8 Å². The van der Waals surface area contributed by atoms with E-state index in [9.17, 15) is 18.8 Å². The van der Waals surface area contributed by atoms with E-state index in [-0.39, 0.29) is 10.6 Å². The summed E-state index contributed by atoms with van der Waals surface area (Å²) >= 11 is 0. The van der Waals surface area contributed by atoms with Crippen molar-refractivity contribution in [2.24, 2.45) is 7.05 Å². The van der Waals surface area contributed by atoms with Crippen LogP contribution < -0.4 is 0 Å². The molecule has 6 nitrogen and oxygen atoms in total. The molecule has 0 spiro atoms. The summed E-state index contributed by atoms with van der Waals surface area (Å²) in [5, 5.41) is 27.1. The fourth-order valence-electron chi connectivity index (χ4n) is 3.29. The number of nitrogens with zero attached hydrogens (tertiary/aromatic N) is 3. The van der Waals surface area contributed by atoms with Gasteiger partial charge in [-0.05, 0) is 23.6 Å². The molecule has 0 fully saturated rings. The molecule has 1 N–H and O–H groups in total. The van der Waals surface area contributed by atoms with E-state index < -0.39 is 20.5 Å². The first-order valence-corrected chi connectivity index (χ1v) is 9.92. The normalized spacial score (nSPS) is 12.7. The fourth-order valence-corrected chi connectivity index (χ4v) is 4.51. The molecule has 3 aromatic carbocycles. The van der Waals surface area contributed by atoms with Crippen molar-refractivity contribution in [2.45, 2.75) is 4.90 Å². The van der Waals surface area contributed by atoms with Crippen LogP contribution in [0.1, 0.15) is 5.69 Å². The van der Waals surface area contributed by atoms with E-state index in [4.69, 9.17) is 0 Å². The van der Waals surface area contributed by atoms with Gasteiger partial charge in [0.05, 0.1) is 10.4 Å². The van der Waals surface area contributed by atoms with Crippen LogP contribution in [-0.4, -0.2) is 23.3 Å². The lowest BCUT2D eigenvalue weighted by Crippen LogP contribution is -2.07. The van der Waals surface area contributed by atoms with Crippen molar-refractivity contribution in [3.8, 4) is 6.07 Å². The maximum absolute atomic E-state index is 12.9. The van der Waals surface area contributed by atoms with Gasteiger partial charge < -0.3 is 5.11 Å². The quantitative estimate of drug-likeness (QED) is 0.423. The van der Waals surface area contributed by atoms with Crippen molar-refractivity contribution in [2.75, 3.05) is 0 Å². The second kappa shape index (κ2) is 6.51. The number of aliphatic hydroxyl groups excluding tert-OH is 1. The molecular formula is C21H15N3O3S. The largest absolute Gasteiger partial charge is 0.504 e. The molecule has 0 aliphatic heterocycles. The Morgan fingerprint density at radius 3 is 2.39 bits per heavy atom. The zero-order chi connectivity index (χ0) is 19.9. The lowest BCUT2D eigenvalue weighted by molar-refractivity contribution is 0.505. The number of aryl methyl sites for hydroxylation is 1. The average molecular weight is 389 g/mol. The van der Waals surface area contributed by atoms with Crippen molar-refractivity contribution >= 4 is 37.3 Å². The first kappa shape index (κ1) is 17.8. The molecule has 138 valence electrons. The Hall–Kier alpha value is -3.63. The van der Waals surface area contributed by atoms with Crippen LogP contribution in [0.2, 0.25) is 0 Å². The Kier molecular flexibility index (Phi) is 4.13. The van der Waals surface area contributed by atoms with Crippen LogP contribution in [0.5, 0.6) is 0 Å². The predicted octanol–water partition coefficient (Wildman–Crippen LogP) is 3.95. The highest BCUT2D eigenvalue weighted by molar-refractivity contribution is 7.95. The van der Waals surface area contributed by atoms with Crippen molar-refractivity contribution < 1.29 is 13.5 Å². The zero-order valence-corrected chi connectivity index (χ0v) is 15.7. The molecule has 1 aromatic heterocycles. The number of aliphatic hydroxyl groups is 1. The van der Waals surface area contributed by atoms with Gasteiger partial charge >= 0.3 is 0 Å². The molecule has 0 unspecified atom stereocenters. The lowest BCUT2D eigenvalue weighted by Gasteiger charge is -2.05. The summed E-state index contributed by atoms with van der Waals surface area (Å²) < 4.78 is 27.3. The van der Waals surface area contributed by atoms with Crippen molar-refractivity contribution in [3.05, 3.63) is 77.3 Å². The van der Waals surface area contributed by atoms with Gasteiger partial charge in [-0.3, -0.25) is 4.68 Å². The van der Waals surface area contributed by atoms with E-state index in [1.54, 1.807) is 42.1 Å². The van der Waals surface area contributed by atoms with E-state index in [2.05, 4.69) is 5.10 Å². The smallest absolute Gasteiger partial charge is 0.220 e. The molecule has 0 saturated heterocycles. The van der Waals surface area contributed by atoms with Crippen LogP contribution in [0.3, 0.4) is 0 Å². The molecule has 28 heavy (non-hydrogen) atoms. The SMILES string of the molecule is Cn1nc(/C(O)=C(/C#N)S(=O)(=O)c2ccccc2)c2ccc3ccccc3c21. The van der Waals surface area contributed by atoms with Crippen LogP contribution in [-0.2, 0) is 16.9 Å². The third kappa shape index (κ3) is 2.63. The van der Waals surface area contributed by atoms with Gasteiger partial charge in [-0.1, -0.05) is 48.5 Å². The average Bonchev–Trinajstić information content (AvgIpc) is 3.06. The Labute approximate surface area is 161 Å². The number of hydrogen-bond donors (Lipinski definition) is 1. The first-order valence-electron chi connectivity index (χ1n) is 8.43. The third-order valence-corrected chi connectivity index (χ3v) is 6.31. The number of benzene rings is 3. The Morgan fingerprint density at radius 1 is 1.00 bits per heavy atom. The van der Waals surface area contributed by atoms with Crippen LogP contribution in [0, 0.1) is 11.3 Å². The van der Waals surface area contributed by atoms with E-state index in [0.717, 1.165) is 16.3 Å². The molecular weight excluding hydrogens is 374 g/mol. The van der Waals surface area contributed by atoms with Gasteiger partial charge in [0.25, 0.3) is 0 Å². The number of allylic oxidation sites excluding steroid dienone is 1. The number of nitriles is 1. The summed E-state index contributed by atoms with van der Waals surface area (Å²) in [6.07, 6.45) is 0. The molecule has 4 rings (SSSR count). The van der Waals surface area contributed by atoms with Crippen LogP contribution in [0.4, 0.5) is 0 Å². The van der Waals surface area contributed by atoms with Crippen molar-refractivity contribution in [3.63, 3.8) is 0 Å². The third-order valence-electron chi connectivity index (χ3n) is 4.59. The van der Waals surface area contributed by atoms with Gasteiger partial charge in [0.15, 0.2) is 10.7 Å². The maximum Gasteiger partial charge on any atom is 0.220 e. The van der Waals surface area contributed by atoms with E-state index in [1.807, 2.05) is 30.3 Å². The molecule has 0 bridgehead atoms. The highest BCUT2D eigenvalue weighted by Crippen LogP contribution is 2.32. The molecule has 0 saturated carbocycles. The minimum Gasteiger partial charge on any atom is -0.504 e. The summed E-state index contributed by atoms with van der Waals surface area (Å²) in [4.78, 5) is -0.796. The van der Waals surface area contributed by atoms with Crippen molar-refractivity contribution in [1.29, 1.82) is 5.26 Å². The van der Waals surface area contributed by atoms with Gasteiger partial charge in [0.2, 0.25) is 9.84 Å². The molecule has 0 radical (unpaired) electrons. The molecule has 7 heteroatoms. The summed E-state index contributed by atoms with van der Waals surface area (Å²) in [5.41, 5.74) is 0.799. The first-order chi connectivity index (χ1) is 13.4. The highest BCUT2D eigenvalue weighted by Gasteiger charge is 2.28. The van der Waals surface area contributed by atoms with Gasteiger partial charge in [-0.15, -0.1) is 0 Å². The number of aromatic nitrogens is 2. The number of rotatable bonds is 3. The van der Waals surface area contributed by atoms with Crippen LogP contribution in [0.25, 0.3) is 27.4 Å². The molecule has 1 heterocycles. The van der Waals surface area contributed by atoms with Crippen molar-refractivity contribution in [1.82, 2.24) is 9.78 Å². The second-order valence-electron chi connectivity index (χ2n) is 6.26. The summed E-state index contributed by atoms with van der Waals surface area (Å²) in [5.74, 6) is -0.660. The van der Waals surface area contributed by atoms with Crippen LogP contribution in [0.15, 0.2) is 76.5 Å². The Morgan fingerprint density at radius 2 is 1.68 bits per heavy atom. The fraction of sp³-hybridized carbons (Fsp3) is 0.0476. The Bertz CT molecular complexity index is 1400. The van der Waals surface area contributed by atoms with Gasteiger partial charge in [0, 0.05) is 17.8 Å². The summed E-state index contributed by atoms with van der Waals surface area (Å²) in [7, 11) is -2.47. The second-order valence-corrected chi connectivity index (χ2v) is 8.15. The van der Waals surface area contributed by atoms with E-state index >= 15 is 0 Å². The molecule has 0 atom stereocenters. The summed E-state index contributed by atoms with van der Waals surface area (Å²) in [6.45, 7) is 0. The highest BCUT2D eigenvalue weighted by atomic mass is 32.2. The number of hydrogen-bond acceptors (Lipinski definition) is 5. The van der Waals surface area contributed by atoms with Gasteiger partial charge in [-0.2, -0.15) is 10.4 Å². The van der Waals surface area contributed by atoms with Gasteiger partial charge in [-0.25, -0.2) is 8.42 Å². The van der Waals surface area contributed by atoms with E-state index in [0.29, 0.717) is 5.39 Å². The van der Waals surface area contributed by atoms with E-state index in [1.165, 1.54) is 12.1 Å². The minimum atomic E-state index is -4.18. The topological polar surface area (TPSA) is 96.0 Å². The predicted molar refractivity (Wildman–Crippen MR) is 107 cm³/mol. The maximum atomic E-state index is 12.9. The lowest BCUT2D eigenvalue weighted by atomic mass is 10.1. The molecule has 4 aromatic rings. The monoisotopic (exact) mass is 389 g/mol. The van der Waals surface area contributed by atoms with Crippen LogP contribution >= 0.6 is 0 Å². The Balaban J connectivity index is 2.01. The number of fused-ring (bicyclic) bond motifs is 3. The minimum absolute atomic E-state index is 0.0549. The zero-order valence-electron chi connectivity index (χ0n) is 14.9.